The molecule has 2 aromatic carbocycles. The monoisotopic (exact) mass is 264 g/mol. The Kier molecular flexibility index (Phi) is 3.69. The van der Waals surface area contributed by atoms with Gasteiger partial charge in [-0.3, -0.25) is 0 Å². The van der Waals surface area contributed by atoms with Crippen LogP contribution in [0.2, 0.25) is 5.02 Å². The lowest BCUT2D eigenvalue weighted by atomic mass is 9.96. The van der Waals surface area contributed by atoms with Gasteiger partial charge in [0.25, 0.3) is 0 Å². The maximum absolute atomic E-state index is 13.2. The van der Waals surface area contributed by atoms with Gasteiger partial charge in [-0.05, 0) is 54.3 Å². The van der Waals surface area contributed by atoms with E-state index in [4.69, 9.17) is 11.6 Å². The number of benzene rings is 2. The summed E-state index contributed by atoms with van der Waals surface area (Å²) in [5.74, 6) is -0.265. The van der Waals surface area contributed by atoms with Crippen molar-refractivity contribution in [2.75, 3.05) is 0 Å². The molecular formula is C15H14ClFO. The first kappa shape index (κ1) is 13.1. The zero-order chi connectivity index (χ0) is 13.3. The van der Waals surface area contributed by atoms with Crippen LogP contribution in [0.5, 0.6) is 0 Å². The molecular weight excluding hydrogens is 251 g/mol. The second-order valence-corrected chi connectivity index (χ2v) is 4.85. The normalized spacial score (nSPS) is 12.5. The molecule has 0 spiro atoms. The van der Waals surface area contributed by atoms with Crippen molar-refractivity contribution in [3.8, 4) is 0 Å². The van der Waals surface area contributed by atoms with E-state index < -0.39 is 6.10 Å². The van der Waals surface area contributed by atoms with Gasteiger partial charge in [-0.25, -0.2) is 4.39 Å². The van der Waals surface area contributed by atoms with Crippen molar-refractivity contribution >= 4 is 11.6 Å². The van der Waals surface area contributed by atoms with E-state index in [2.05, 4.69) is 0 Å². The summed E-state index contributed by atoms with van der Waals surface area (Å²) < 4.78 is 13.2. The largest absolute Gasteiger partial charge is 0.384 e. The Morgan fingerprint density at radius 2 is 1.78 bits per heavy atom. The molecule has 1 nitrogen and oxygen atoms in total. The predicted octanol–water partition coefficient (Wildman–Crippen LogP) is 4.18. The molecule has 0 aliphatic heterocycles. The predicted molar refractivity (Wildman–Crippen MR) is 71.4 cm³/mol. The molecule has 0 saturated heterocycles. The van der Waals surface area contributed by atoms with E-state index >= 15 is 0 Å². The third kappa shape index (κ3) is 2.55. The summed E-state index contributed by atoms with van der Waals surface area (Å²) in [5.41, 5.74) is 2.90. The molecule has 0 heterocycles. The zero-order valence-corrected chi connectivity index (χ0v) is 11.0. The van der Waals surface area contributed by atoms with E-state index in [-0.39, 0.29) is 5.82 Å². The molecule has 3 heteroatoms. The molecule has 0 aromatic heterocycles. The summed E-state index contributed by atoms with van der Waals surface area (Å²) in [7, 11) is 0. The van der Waals surface area contributed by atoms with Crippen LogP contribution in [0.1, 0.15) is 28.4 Å². The second-order valence-electron chi connectivity index (χ2n) is 4.41. The third-order valence-electron chi connectivity index (χ3n) is 3.02. The van der Waals surface area contributed by atoms with Crippen molar-refractivity contribution in [2.45, 2.75) is 20.0 Å². The van der Waals surface area contributed by atoms with Gasteiger partial charge in [0.05, 0.1) is 0 Å². The van der Waals surface area contributed by atoms with Crippen molar-refractivity contribution in [3.63, 3.8) is 0 Å². The molecule has 1 atom stereocenters. The Hall–Kier alpha value is -1.38. The number of hydrogen-bond acceptors (Lipinski definition) is 1. The highest BCUT2D eigenvalue weighted by atomic mass is 35.5. The van der Waals surface area contributed by atoms with Crippen LogP contribution >= 0.6 is 11.6 Å². The average Bonchev–Trinajstić information content (AvgIpc) is 2.32. The Bertz CT molecular complexity index is 581. The first-order chi connectivity index (χ1) is 8.49. The molecule has 0 fully saturated rings. The van der Waals surface area contributed by atoms with Crippen molar-refractivity contribution in [1.29, 1.82) is 0 Å². The number of halogens is 2. The van der Waals surface area contributed by atoms with Gasteiger partial charge in [-0.1, -0.05) is 29.8 Å². The summed E-state index contributed by atoms with van der Waals surface area (Å²) in [4.78, 5) is 0. The van der Waals surface area contributed by atoms with Gasteiger partial charge in [0.1, 0.15) is 11.9 Å². The van der Waals surface area contributed by atoms with Crippen LogP contribution in [0.3, 0.4) is 0 Å². The van der Waals surface area contributed by atoms with E-state index in [1.54, 1.807) is 37.3 Å². The minimum Gasteiger partial charge on any atom is -0.384 e. The van der Waals surface area contributed by atoms with Crippen molar-refractivity contribution in [3.05, 3.63) is 69.5 Å². The second kappa shape index (κ2) is 5.09. The van der Waals surface area contributed by atoms with Crippen LogP contribution in [-0.2, 0) is 0 Å². The fourth-order valence-corrected chi connectivity index (χ4v) is 2.19. The number of aliphatic hydroxyl groups excluding tert-OH is 1. The van der Waals surface area contributed by atoms with Gasteiger partial charge in [-0.15, -0.1) is 0 Å². The average molecular weight is 265 g/mol. The summed E-state index contributed by atoms with van der Waals surface area (Å²) in [5, 5.41) is 11.0. The van der Waals surface area contributed by atoms with Gasteiger partial charge < -0.3 is 5.11 Å². The Morgan fingerprint density at radius 3 is 2.39 bits per heavy atom. The molecule has 1 N–H and O–H groups in total. The molecule has 2 aromatic rings. The lowest BCUT2D eigenvalue weighted by Crippen LogP contribution is -2.02. The van der Waals surface area contributed by atoms with Gasteiger partial charge in [0, 0.05) is 5.02 Å². The van der Waals surface area contributed by atoms with Crippen LogP contribution in [0.4, 0.5) is 4.39 Å². The number of aliphatic hydroxyl groups is 1. The Balaban J connectivity index is 2.41. The SMILES string of the molecule is Cc1cc(C(O)c2ccc(Cl)cc2C)ccc1F. The highest BCUT2D eigenvalue weighted by Gasteiger charge is 2.14. The summed E-state index contributed by atoms with van der Waals surface area (Å²) >= 11 is 5.88. The van der Waals surface area contributed by atoms with E-state index in [1.165, 1.54) is 6.07 Å². The Labute approximate surface area is 111 Å². The van der Waals surface area contributed by atoms with Crippen LogP contribution in [0.15, 0.2) is 36.4 Å². The highest BCUT2D eigenvalue weighted by Crippen LogP contribution is 2.27. The standard InChI is InChI=1S/C15H14ClFO/c1-9-8-12(16)4-5-13(9)15(18)11-3-6-14(17)10(2)7-11/h3-8,15,18H,1-2H3. The molecule has 0 aliphatic rings. The molecule has 94 valence electrons. The summed E-state index contributed by atoms with van der Waals surface area (Å²) in [6.07, 6.45) is -0.762. The number of hydrogen-bond donors (Lipinski definition) is 1. The summed E-state index contributed by atoms with van der Waals surface area (Å²) in [6.45, 7) is 3.57. The van der Waals surface area contributed by atoms with Crippen molar-refractivity contribution in [2.24, 2.45) is 0 Å². The van der Waals surface area contributed by atoms with E-state index in [0.717, 1.165) is 11.1 Å². The fraction of sp³-hybridized carbons (Fsp3) is 0.200. The first-order valence-corrected chi connectivity index (χ1v) is 6.07. The molecule has 2 rings (SSSR count). The van der Waals surface area contributed by atoms with Gasteiger partial charge >= 0.3 is 0 Å². The van der Waals surface area contributed by atoms with Crippen LogP contribution in [0, 0.1) is 19.7 Å². The molecule has 0 bridgehead atoms. The van der Waals surface area contributed by atoms with Gasteiger partial charge in [0.15, 0.2) is 0 Å². The minimum absolute atomic E-state index is 0.265. The molecule has 0 amide bonds. The van der Waals surface area contributed by atoms with E-state index in [1.807, 2.05) is 6.92 Å². The molecule has 18 heavy (non-hydrogen) atoms. The van der Waals surface area contributed by atoms with Crippen molar-refractivity contribution < 1.29 is 9.50 Å². The van der Waals surface area contributed by atoms with Gasteiger partial charge in [-0.2, -0.15) is 0 Å². The fourth-order valence-electron chi connectivity index (χ4n) is 1.96. The lowest BCUT2D eigenvalue weighted by Gasteiger charge is -2.15. The van der Waals surface area contributed by atoms with E-state index in [0.29, 0.717) is 16.1 Å². The van der Waals surface area contributed by atoms with Crippen LogP contribution in [0.25, 0.3) is 0 Å². The first-order valence-electron chi connectivity index (χ1n) is 5.69. The minimum atomic E-state index is -0.762. The van der Waals surface area contributed by atoms with Crippen molar-refractivity contribution in [1.82, 2.24) is 0 Å². The number of rotatable bonds is 2. The third-order valence-corrected chi connectivity index (χ3v) is 3.26. The highest BCUT2D eigenvalue weighted by molar-refractivity contribution is 6.30. The smallest absolute Gasteiger partial charge is 0.126 e. The summed E-state index contributed by atoms with van der Waals surface area (Å²) in [6, 6.07) is 9.97. The molecule has 0 saturated carbocycles. The van der Waals surface area contributed by atoms with Gasteiger partial charge in [0.2, 0.25) is 0 Å². The molecule has 1 unspecified atom stereocenters. The maximum Gasteiger partial charge on any atom is 0.126 e. The van der Waals surface area contributed by atoms with Crippen LogP contribution < -0.4 is 0 Å². The maximum atomic E-state index is 13.2. The number of aryl methyl sites for hydroxylation is 2. The molecule has 0 radical (unpaired) electrons. The molecule has 0 aliphatic carbocycles. The zero-order valence-electron chi connectivity index (χ0n) is 10.2. The lowest BCUT2D eigenvalue weighted by molar-refractivity contribution is 0.219. The van der Waals surface area contributed by atoms with E-state index in [9.17, 15) is 9.50 Å². The topological polar surface area (TPSA) is 20.2 Å². The van der Waals surface area contributed by atoms with Crippen LogP contribution in [-0.4, -0.2) is 5.11 Å². The quantitative estimate of drug-likeness (QED) is 0.863. The Morgan fingerprint density at radius 1 is 1.06 bits per heavy atom.